The molecular weight excluding hydrogens is 298 g/mol. The van der Waals surface area contributed by atoms with Gasteiger partial charge >= 0.3 is 7.82 Å². The third-order valence-corrected chi connectivity index (χ3v) is 4.21. The maximum absolute atomic E-state index is 11.8. The minimum Gasteiger partial charge on any atom is -0.401 e. The van der Waals surface area contributed by atoms with Crippen molar-refractivity contribution in [3.8, 4) is 5.75 Å². The summed E-state index contributed by atoms with van der Waals surface area (Å²) in [4.78, 5) is 0. The summed E-state index contributed by atoms with van der Waals surface area (Å²) in [6.45, 7) is 1.80. The van der Waals surface area contributed by atoms with E-state index >= 15 is 0 Å². The predicted octanol–water partition coefficient (Wildman–Crippen LogP) is 4.98. The van der Waals surface area contributed by atoms with Crippen molar-refractivity contribution in [3.05, 3.63) is 42.0 Å². The predicted molar refractivity (Wildman–Crippen MR) is 70.8 cm³/mol. The van der Waals surface area contributed by atoms with Crippen LogP contribution in [0.3, 0.4) is 0 Å². The van der Waals surface area contributed by atoms with Gasteiger partial charge in [-0.3, -0.25) is 0 Å². The highest BCUT2D eigenvalue weighted by atomic mass is 35.5. The number of rotatable bonds is 4. The van der Waals surface area contributed by atoms with E-state index in [2.05, 4.69) is 8.15 Å². The monoisotopic (exact) mass is 306 g/mol. The molecule has 4 nitrogen and oxygen atoms in total. The van der Waals surface area contributed by atoms with E-state index in [1.54, 1.807) is 6.92 Å². The van der Waals surface area contributed by atoms with Crippen LogP contribution >= 0.6 is 31.6 Å². The topological polar surface area (TPSA) is 44.8 Å². The zero-order valence-electron chi connectivity index (χ0n) is 9.30. The second-order valence-electron chi connectivity index (χ2n) is 3.61. The molecule has 2 rings (SSSR count). The van der Waals surface area contributed by atoms with Crippen LogP contribution in [0.5, 0.6) is 5.75 Å². The molecule has 0 spiro atoms. The van der Waals surface area contributed by atoms with Gasteiger partial charge in [-0.25, -0.2) is 4.57 Å². The second-order valence-corrected chi connectivity index (χ2v) is 5.79. The molecule has 7 heteroatoms. The Morgan fingerprint density at radius 2 is 1.72 bits per heavy atom. The summed E-state index contributed by atoms with van der Waals surface area (Å²) in [7, 11) is -4.00. The summed E-state index contributed by atoms with van der Waals surface area (Å²) in [5, 5.41) is 1.69. The molecule has 0 aromatic heterocycles. The molecular formula is C11H9Cl2O4P. The van der Waals surface area contributed by atoms with Gasteiger partial charge in [0.15, 0.2) is 0 Å². The number of aryl methyl sites for hydroxylation is 1. The van der Waals surface area contributed by atoms with E-state index in [1.165, 1.54) is 0 Å². The molecule has 0 bridgehead atoms. The van der Waals surface area contributed by atoms with Crippen LogP contribution in [-0.2, 0) is 12.7 Å². The normalized spacial score (nSPS) is 11.7. The number of hydrogen-bond acceptors (Lipinski definition) is 4. The first-order valence-corrected chi connectivity index (χ1v) is 7.06. The van der Waals surface area contributed by atoms with Crippen LogP contribution in [0.2, 0.25) is 0 Å². The van der Waals surface area contributed by atoms with Gasteiger partial charge in [-0.1, -0.05) is 36.4 Å². The highest BCUT2D eigenvalue weighted by molar-refractivity contribution is 7.50. The summed E-state index contributed by atoms with van der Waals surface area (Å²) in [6, 6.07) is 11.2. The van der Waals surface area contributed by atoms with Gasteiger partial charge < -0.3 is 4.52 Å². The highest BCUT2D eigenvalue weighted by Crippen LogP contribution is 2.53. The van der Waals surface area contributed by atoms with Crippen LogP contribution in [0.25, 0.3) is 10.8 Å². The molecule has 96 valence electrons. The van der Waals surface area contributed by atoms with Crippen LogP contribution in [0, 0.1) is 6.92 Å². The molecule has 0 unspecified atom stereocenters. The molecule has 0 amide bonds. The standard InChI is InChI=1S/C11H9Cl2O4P/c1-8-6-7-9-4-2-3-5-10(9)11(8)15-18(14,16-12)17-13/h2-7H,1H3. The first kappa shape index (κ1) is 13.7. The number of fused-ring (bicyclic) bond motifs is 1. The first-order valence-electron chi connectivity index (χ1n) is 4.98. The maximum Gasteiger partial charge on any atom is 0.563 e. The van der Waals surface area contributed by atoms with E-state index in [-0.39, 0.29) is 0 Å². The van der Waals surface area contributed by atoms with Crippen molar-refractivity contribution in [1.29, 1.82) is 0 Å². The lowest BCUT2D eigenvalue weighted by Gasteiger charge is -2.14. The Labute approximate surface area is 114 Å². The van der Waals surface area contributed by atoms with Crippen molar-refractivity contribution in [2.45, 2.75) is 6.92 Å². The third kappa shape index (κ3) is 2.63. The summed E-state index contributed by atoms with van der Waals surface area (Å²) < 4.78 is 25.3. The molecule has 0 aliphatic carbocycles. The molecule has 0 aliphatic rings. The molecule has 0 saturated carbocycles. The fourth-order valence-corrected chi connectivity index (χ4v) is 2.59. The van der Waals surface area contributed by atoms with Gasteiger partial charge in [0, 0.05) is 5.39 Å². The van der Waals surface area contributed by atoms with E-state index in [1.807, 2.05) is 36.4 Å². The largest absolute Gasteiger partial charge is 0.563 e. The molecule has 0 N–H and O–H groups in total. The Balaban J connectivity index is 2.56. The second kappa shape index (κ2) is 5.47. The first-order chi connectivity index (χ1) is 8.59. The fourth-order valence-electron chi connectivity index (χ4n) is 1.62. The van der Waals surface area contributed by atoms with Gasteiger partial charge in [0.1, 0.15) is 5.75 Å². The summed E-state index contributed by atoms with van der Waals surface area (Å²) in [5.74, 6) is 0.359. The molecule has 0 atom stereocenters. The lowest BCUT2D eigenvalue weighted by atomic mass is 10.1. The van der Waals surface area contributed by atoms with Crippen LogP contribution in [-0.4, -0.2) is 0 Å². The molecule has 0 fully saturated rings. The van der Waals surface area contributed by atoms with Crippen molar-refractivity contribution < 1.29 is 17.2 Å². The average molecular weight is 307 g/mol. The SMILES string of the molecule is Cc1ccc2ccccc2c1OP(=O)(OCl)OCl. The van der Waals surface area contributed by atoms with E-state index in [0.29, 0.717) is 5.75 Å². The van der Waals surface area contributed by atoms with Crippen molar-refractivity contribution in [2.24, 2.45) is 0 Å². The number of phosphoric acid groups is 1. The van der Waals surface area contributed by atoms with E-state index in [0.717, 1.165) is 16.3 Å². The smallest absolute Gasteiger partial charge is 0.401 e. The number of hydrogen-bond donors (Lipinski definition) is 0. The molecule has 0 saturated heterocycles. The Morgan fingerprint density at radius 3 is 2.39 bits per heavy atom. The Hall–Kier alpha value is -0.770. The molecule has 0 radical (unpaired) electrons. The van der Waals surface area contributed by atoms with E-state index in [9.17, 15) is 4.57 Å². The van der Waals surface area contributed by atoms with Crippen LogP contribution < -0.4 is 4.52 Å². The van der Waals surface area contributed by atoms with Gasteiger partial charge in [0.2, 0.25) is 0 Å². The Bertz CT molecular complexity index is 609. The minimum atomic E-state index is -4.00. The number of halogens is 2. The fraction of sp³-hybridized carbons (Fsp3) is 0.0909. The molecule has 0 aliphatic heterocycles. The quantitative estimate of drug-likeness (QED) is 0.748. The molecule has 0 heterocycles. The van der Waals surface area contributed by atoms with Gasteiger partial charge in [-0.15, -0.1) is 0 Å². The van der Waals surface area contributed by atoms with E-state index in [4.69, 9.17) is 28.3 Å². The maximum atomic E-state index is 11.8. The summed E-state index contributed by atoms with van der Waals surface area (Å²) in [5.41, 5.74) is 0.761. The van der Waals surface area contributed by atoms with Gasteiger partial charge in [0.05, 0.1) is 23.7 Å². The number of benzene rings is 2. The zero-order valence-corrected chi connectivity index (χ0v) is 11.7. The van der Waals surface area contributed by atoms with Crippen molar-refractivity contribution >= 4 is 42.3 Å². The van der Waals surface area contributed by atoms with Gasteiger partial charge in [0.25, 0.3) is 0 Å². The van der Waals surface area contributed by atoms with Crippen LogP contribution in [0.1, 0.15) is 5.56 Å². The third-order valence-electron chi connectivity index (χ3n) is 2.45. The molecule has 18 heavy (non-hydrogen) atoms. The zero-order chi connectivity index (χ0) is 13.2. The molecule has 2 aromatic rings. The van der Waals surface area contributed by atoms with Crippen molar-refractivity contribution in [1.82, 2.24) is 0 Å². The minimum absolute atomic E-state index is 0.359. The average Bonchev–Trinajstić information content (AvgIpc) is 2.42. The van der Waals surface area contributed by atoms with E-state index < -0.39 is 7.82 Å². The lowest BCUT2D eigenvalue weighted by molar-refractivity contribution is 0.319. The summed E-state index contributed by atoms with van der Waals surface area (Å²) in [6.07, 6.45) is 0. The Morgan fingerprint density at radius 1 is 1.06 bits per heavy atom. The van der Waals surface area contributed by atoms with Crippen LogP contribution in [0.15, 0.2) is 36.4 Å². The lowest BCUT2D eigenvalue weighted by Crippen LogP contribution is -1.95. The molecule has 2 aromatic carbocycles. The van der Waals surface area contributed by atoms with Crippen molar-refractivity contribution in [3.63, 3.8) is 0 Å². The van der Waals surface area contributed by atoms with Crippen molar-refractivity contribution in [2.75, 3.05) is 0 Å². The van der Waals surface area contributed by atoms with Gasteiger partial charge in [-0.05, 0) is 17.9 Å². The van der Waals surface area contributed by atoms with Gasteiger partial charge in [-0.2, -0.15) is 8.15 Å². The highest BCUT2D eigenvalue weighted by Gasteiger charge is 2.30. The van der Waals surface area contributed by atoms with Crippen LogP contribution in [0.4, 0.5) is 0 Å². The Kier molecular flexibility index (Phi) is 4.15. The summed E-state index contributed by atoms with van der Waals surface area (Å²) >= 11 is 10.1.